The molecule has 0 unspecified atom stereocenters. The molecule has 4 atom stereocenters. The van der Waals surface area contributed by atoms with Crippen molar-refractivity contribution in [2.24, 2.45) is 5.92 Å². The van der Waals surface area contributed by atoms with E-state index < -0.39 is 6.29 Å². The molecule has 0 bridgehead atoms. The Morgan fingerprint density at radius 1 is 0.765 bits per heavy atom. The first-order valence-corrected chi connectivity index (χ1v) is 17.1. The van der Waals surface area contributed by atoms with Gasteiger partial charge in [-0.1, -0.05) is 91.9 Å². The van der Waals surface area contributed by atoms with E-state index in [0.717, 1.165) is 49.9 Å². The third kappa shape index (κ3) is 6.87. The number of nitrogens with one attached hydrogen (secondary N) is 1. The van der Waals surface area contributed by atoms with Crippen LogP contribution in [0.25, 0.3) is 33.2 Å². The number of carbonyl (C=O) groups excluding carboxylic acids is 1. The Balaban J connectivity index is 1.03. The molecule has 0 saturated carbocycles. The van der Waals surface area contributed by atoms with Gasteiger partial charge in [-0.3, -0.25) is 9.78 Å². The summed E-state index contributed by atoms with van der Waals surface area (Å²) in [7, 11) is 0. The molecule has 1 fully saturated rings. The van der Waals surface area contributed by atoms with Crippen LogP contribution in [0.5, 0.6) is 0 Å². The van der Waals surface area contributed by atoms with E-state index in [1.165, 1.54) is 6.20 Å². The summed E-state index contributed by atoms with van der Waals surface area (Å²) in [5.41, 5.74) is 9.48. The molecule has 1 amide bonds. The lowest BCUT2D eigenvalue weighted by atomic mass is 9.90. The molecule has 1 aliphatic rings. The van der Waals surface area contributed by atoms with Gasteiger partial charge >= 0.3 is 0 Å². The van der Waals surface area contributed by atoms with Gasteiger partial charge in [0.2, 0.25) is 0 Å². The summed E-state index contributed by atoms with van der Waals surface area (Å²) in [4.78, 5) is 26.4. The van der Waals surface area contributed by atoms with Gasteiger partial charge in [0.25, 0.3) is 5.91 Å². The first kappa shape index (κ1) is 32.5. The van der Waals surface area contributed by atoms with Gasteiger partial charge < -0.3 is 24.5 Å². The molecule has 9 nitrogen and oxygen atoms in total. The largest absolute Gasteiger partial charge is 0.392 e. The van der Waals surface area contributed by atoms with Crippen molar-refractivity contribution < 1.29 is 19.4 Å². The number of fused-ring (bicyclic) bond motifs is 2. The normalized spacial score (nSPS) is 18.9. The van der Waals surface area contributed by atoms with Crippen LogP contribution in [0, 0.1) is 5.92 Å². The number of carbonyl (C=O) groups is 1. The van der Waals surface area contributed by atoms with Crippen LogP contribution in [0.15, 0.2) is 134 Å². The zero-order valence-corrected chi connectivity index (χ0v) is 28.1. The maximum absolute atomic E-state index is 13.0. The Labute approximate surface area is 295 Å². The molecule has 8 rings (SSSR count). The molecule has 0 spiro atoms. The van der Waals surface area contributed by atoms with Gasteiger partial charge in [-0.2, -0.15) is 0 Å². The van der Waals surface area contributed by atoms with E-state index in [1.54, 1.807) is 0 Å². The van der Waals surface area contributed by atoms with Crippen LogP contribution in [0.2, 0.25) is 0 Å². The van der Waals surface area contributed by atoms with Crippen molar-refractivity contribution in [1.82, 2.24) is 24.8 Å². The van der Waals surface area contributed by atoms with Crippen molar-refractivity contribution in [3.8, 4) is 11.1 Å². The molecule has 1 aliphatic heterocycles. The minimum atomic E-state index is -0.617. The molecule has 2 aromatic heterocycles. The molecule has 0 radical (unpaired) electrons. The van der Waals surface area contributed by atoms with Gasteiger partial charge in [-0.25, -0.2) is 9.97 Å². The molecule has 7 aromatic rings. The maximum atomic E-state index is 13.0. The molecule has 5 aromatic carbocycles. The predicted molar refractivity (Wildman–Crippen MR) is 195 cm³/mol. The molecule has 0 aliphatic carbocycles. The second-order valence-electron chi connectivity index (χ2n) is 13.0. The van der Waals surface area contributed by atoms with Crippen LogP contribution in [0.3, 0.4) is 0 Å². The lowest BCUT2D eigenvalue weighted by Crippen LogP contribution is -2.39. The number of para-hydroxylation sites is 4. The highest BCUT2D eigenvalue weighted by molar-refractivity contribution is 5.93. The number of hydrogen-bond acceptors (Lipinski definition) is 7. The number of hydrogen-bond donors (Lipinski definition) is 2. The number of ether oxygens (including phenoxy) is 2. The first-order chi connectivity index (χ1) is 25.0. The van der Waals surface area contributed by atoms with Gasteiger partial charge in [0, 0.05) is 18.0 Å². The molecular weight excluding hydrogens is 638 g/mol. The van der Waals surface area contributed by atoms with Crippen LogP contribution in [-0.2, 0) is 29.2 Å². The van der Waals surface area contributed by atoms with Crippen molar-refractivity contribution in [3.05, 3.63) is 162 Å². The second kappa shape index (κ2) is 14.2. The van der Waals surface area contributed by atoms with E-state index in [-0.39, 0.29) is 36.3 Å². The maximum Gasteiger partial charge on any atom is 0.271 e. The lowest BCUT2D eigenvalue weighted by molar-refractivity contribution is -0.276. The Hall–Kier alpha value is -5.74. The van der Waals surface area contributed by atoms with E-state index in [2.05, 4.69) is 62.1 Å². The number of aliphatic hydroxyl groups is 1. The standard InChI is InChI=1S/C42H37N5O4/c1-27-39(24-47-26-45-36-14-4-5-15-38(36)47)50-42(51-40(27)30-18-16-28(25-48)17-19-30)33-11-7-10-32(21-33)31-9-6-8-29(20-31)22-44-41(49)37-23-43-34-12-2-3-13-35(34)46-37/h2-21,23,26-27,39-40,42,48H,22,24-25H2,1H3,(H,44,49)/t27-,39+,40+,42+/m0/s1. The average Bonchev–Trinajstić information content (AvgIpc) is 3.60. The molecule has 9 heteroatoms. The first-order valence-electron chi connectivity index (χ1n) is 17.1. The molecule has 51 heavy (non-hydrogen) atoms. The summed E-state index contributed by atoms with van der Waals surface area (Å²) in [6, 6.07) is 39.9. The summed E-state index contributed by atoms with van der Waals surface area (Å²) in [5, 5.41) is 12.6. The minimum absolute atomic E-state index is 0.0110. The fraction of sp³-hybridized carbons (Fsp3) is 0.190. The van der Waals surface area contributed by atoms with Gasteiger partial charge in [0.15, 0.2) is 6.29 Å². The smallest absolute Gasteiger partial charge is 0.271 e. The number of rotatable bonds is 9. The summed E-state index contributed by atoms with van der Waals surface area (Å²) in [6.07, 6.45) is 2.36. The fourth-order valence-corrected chi connectivity index (χ4v) is 6.74. The third-order valence-electron chi connectivity index (χ3n) is 9.58. The fourth-order valence-electron chi connectivity index (χ4n) is 6.74. The van der Waals surface area contributed by atoms with Crippen LogP contribution < -0.4 is 5.32 Å². The predicted octanol–water partition coefficient (Wildman–Crippen LogP) is 7.56. The number of amides is 1. The molecule has 3 heterocycles. The third-order valence-corrected chi connectivity index (χ3v) is 9.58. The van der Waals surface area contributed by atoms with Crippen molar-refractivity contribution in [1.29, 1.82) is 0 Å². The van der Waals surface area contributed by atoms with Crippen molar-refractivity contribution in [2.45, 2.75) is 45.1 Å². The van der Waals surface area contributed by atoms with E-state index in [1.807, 2.05) is 97.3 Å². The Morgan fingerprint density at radius 3 is 2.33 bits per heavy atom. The molecule has 2 N–H and O–H groups in total. The van der Waals surface area contributed by atoms with Crippen LogP contribution >= 0.6 is 0 Å². The highest BCUT2D eigenvalue weighted by atomic mass is 16.7. The number of aromatic nitrogens is 4. The monoisotopic (exact) mass is 675 g/mol. The van der Waals surface area contributed by atoms with Crippen molar-refractivity contribution in [2.75, 3.05) is 0 Å². The zero-order chi connectivity index (χ0) is 34.7. The van der Waals surface area contributed by atoms with E-state index in [4.69, 9.17) is 9.47 Å². The van der Waals surface area contributed by atoms with E-state index in [0.29, 0.717) is 18.6 Å². The summed E-state index contributed by atoms with van der Waals surface area (Å²) in [5.74, 6) is -0.252. The average molecular weight is 676 g/mol. The molecular formula is C42H37N5O4. The number of nitrogens with zero attached hydrogens (tertiary/aromatic N) is 4. The van der Waals surface area contributed by atoms with Crippen molar-refractivity contribution >= 4 is 28.0 Å². The number of aliphatic hydroxyl groups excluding tert-OH is 1. The van der Waals surface area contributed by atoms with E-state index in [9.17, 15) is 9.90 Å². The quantitative estimate of drug-likeness (QED) is 0.162. The van der Waals surface area contributed by atoms with Crippen LogP contribution in [0.4, 0.5) is 0 Å². The number of imidazole rings is 1. The van der Waals surface area contributed by atoms with Gasteiger partial charge in [0.1, 0.15) is 5.69 Å². The summed E-state index contributed by atoms with van der Waals surface area (Å²) in [6.45, 7) is 3.11. The van der Waals surface area contributed by atoms with Gasteiger partial charge in [-0.15, -0.1) is 0 Å². The van der Waals surface area contributed by atoms with Crippen molar-refractivity contribution in [3.63, 3.8) is 0 Å². The topological polar surface area (TPSA) is 111 Å². The summed E-state index contributed by atoms with van der Waals surface area (Å²) < 4.78 is 15.7. The molecule has 254 valence electrons. The highest BCUT2D eigenvalue weighted by Gasteiger charge is 2.38. The Kier molecular flexibility index (Phi) is 9.07. The number of benzene rings is 5. The highest BCUT2D eigenvalue weighted by Crippen LogP contribution is 2.43. The summed E-state index contributed by atoms with van der Waals surface area (Å²) >= 11 is 0. The lowest BCUT2D eigenvalue weighted by Gasteiger charge is -2.41. The Morgan fingerprint density at radius 2 is 1.51 bits per heavy atom. The van der Waals surface area contributed by atoms with Gasteiger partial charge in [0.05, 0.1) is 60.0 Å². The minimum Gasteiger partial charge on any atom is -0.392 e. The van der Waals surface area contributed by atoms with Crippen LogP contribution in [-0.4, -0.2) is 36.6 Å². The Bertz CT molecular complexity index is 2320. The van der Waals surface area contributed by atoms with Crippen LogP contribution in [0.1, 0.15) is 52.1 Å². The molecule has 1 saturated heterocycles. The zero-order valence-electron chi connectivity index (χ0n) is 28.1. The van der Waals surface area contributed by atoms with Gasteiger partial charge in [-0.05, 0) is 64.2 Å². The SMILES string of the molecule is C[C@H]1[C@@H](Cn2cnc3ccccc32)O[C@@H](c2cccc(-c3cccc(CNC(=O)c4cnc5ccccc5n4)c3)c2)O[C@H]1c1ccc(CO)cc1. The second-order valence-corrected chi connectivity index (χ2v) is 13.0. The van der Waals surface area contributed by atoms with E-state index >= 15 is 0 Å².